The van der Waals surface area contributed by atoms with E-state index in [-0.39, 0.29) is 17.9 Å². The van der Waals surface area contributed by atoms with Gasteiger partial charge in [-0.25, -0.2) is 4.79 Å². The van der Waals surface area contributed by atoms with Crippen LogP contribution in [0.1, 0.15) is 25.7 Å². The molecule has 0 saturated carbocycles. The Morgan fingerprint density at radius 3 is 2.58 bits per heavy atom. The topological polar surface area (TPSA) is 87.7 Å². The van der Waals surface area contributed by atoms with E-state index in [1.165, 1.54) is 7.11 Å². The zero-order chi connectivity index (χ0) is 14.0. The summed E-state index contributed by atoms with van der Waals surface area (Å²) in [7, 11) is 2.82. The maximum atomic E-state index is 12.4. The van der Waals surface area contributed by atoms with Gasteiger partial charge >= 0.3 is 6.09 Å². The van der Waals surface area contributed by atoms with Crippen LogP contribution < -0.4 is 10.6 Å². The number of alkyl carbamates (subject to hydrolysis) is 1. The molecule has 19 heavy (non-hydrogen) atoms. The van der Waals surface area contributed by atoms with Gasteiger partial charge in [-0.2, -0.15) is 0 Å². The average molecular weight is 269 g/mol. The van der Waals surface area contributed by atoms with Crippen molar-refractivity contribution in [1.82, 2.24) is 15.5 Å². The highest BCUT2D eigenvalue weighted by molar-refractivity contribution is 5.92. The summed E-state index contributed by atoms with van der Waals surface area (Å²) in [5.74, 6) is -0.331. The fraction of sp³-hybridized carbons (Fsp3) is 0.750. The summed E-state index contributed by atoms with van der Waals surface area (Å²) in [6.45, 7) is 0. The lowest BCUT2D eigenvalue weighted by atomic mass is 9.98. The second kappa shape index (κ2) is 5.46. The Labute approximate surface area is 111 Å². The number of carbonyl (C=O) groups excluding carboxylic acids is 3. The summed E-state index contributed by atoms with van der Waals surface area (Å²) >= 11 is 0. The van der Waals surface area contributed by atoms with Crippen LogP contribution in [0, 0.1) is 0 Å². The molecule has 0 aromatic carbocycles. The fourth-order valence-corrected chi connectivity index (χ4v) is 2.92. The standard InChI is InChI=1S/C12H19N3O4/c1-13-10(16)9-6-4-7-3-5-8(11(17)15(7)9)14-12(18)19-2/h7-9H,3-6H2,1-2H3,(H,13,16)(H,14,18)/t7-,8+,9+/m1/s1. The molecule has 2 saturated heterocycles. The van der Waals surface area contributed by atoms with Crippen LogP contribution >= 0.6 is 0 Å². The number of rotatable bonds is 2. The zero-order valence-corrected chi connectivity index (χ0v) is 11.1. The highest BCUT2D eigenvalue weighted by atomic mass is 16.5. The van der Waals surface area contributed by atoms with Gasteiger partial charge in [0.05, 0.1) is 7.11 Å². The van der Waals surface area contributed by atoms with Crippen LogP contribution in [-0.4, -0.2) is 55.1 Å². The van der Waals surface area contributed by atoms with Gasteiger partial charge in [0, 0.05) is 13.1 Å². The monoisotopic (exact) mass is 269 g/mol. The number of nitrogens with zero attached hydrogens (tertiary/aromatic N) is 1. The molecular weight excluding hydrogens is 250 g/mol. The van der Waals surface area contributed by atoms with E-state index in [1.54, 1.807) is 11.9 Å². The number of amides is 3. The molecule has 3 amide bonds. The highest BCUT2D eigenvalue weighted by Gasteiger charge is 2.46. The first-order chi connectivity index (χ1) is 9.08. The van der Waals surface area contributed by atoms with Crippen LogP contribution in [0.5, 0.6) is 0 Å². The number of fused-ring (bicyclic) bond motifs is 1. The molecule has 0 aliphatic carbocycles. The van der Waals surface area contributed by atoms with Crippen LogP contribution in [0.4, 0.5) is 4.79 Å². The summed E-state index contributed by atoms with van der Waals surface area (Å²) in [6.07, 6.45) is 2.30. The Balaban J connectivity index is 2.09. The number of likely N-dealkylation sites (N-methyl/N-ethyl adjacent to an activating group) is 1. The van der Waals surface area contributed by atoms with Gasteiger partial charge in [-0.15, -0.1) is 0 Å². The second-order valence-electron chi connectivity index (χ2n) is 4.87. The highest BCUT2D eigenvalue weighted by Crippen LogP contribution is 2.32. The average Bonchev–Trinajstić information content (AvgIpc) is 2.85. The third-order valence-corrected chi connectivity index (χ3v) is 3.87. The quantitative estimate of drug-likeness (QED) is 0.714. The van der Waals surface area contributed by atoms with Crippen LogP contribution in [0.15, 0.2) is 0 Å². The molecule has 0 spiro atoms. The van der Waals surface area contributed by atoms with Crippen molar-refractivity contribution in [3.05, 3.63) is 0 Å². The molecule has 2 aliphatic rings. The summed E-state index contributed by atoms with van der Waals surface area (Å²) < 4.78 is 4.51. The Morgan fingerprint density at radius 2 is 1.95 bits per heavy atom. The van der Waals surface area contributed by atoms with Crippen molar-refractivity contribution in [2.75, 3.05) is 14.2 Å². The summed E-state index contributed by atoms with van der Waals surface area (Å²) in [5.41, 5.74) is 0. The Bertz CT molecular complexity index is 398. The van der Waals surface area contributed by atoms with Gasteiger partial charge in [-0.05, 0) is 25.7 Å². The molecule has 106 valence electrons. The first kappa shape index (κ1) is 13.6. The maximum Gasteiger partial charge on any atom is 0.407 e. The second-order valence-corrected chi connectivity index (χ2v) is 4.87. The van der Waals surface area contributed by atoms with Crippen molar-refractivity contribution >= 4 is 17.9 Å². The first-order valence-electron chi connectivity index (χ1n) is 6.46. The predicted octanol–water partition coefficient (Wildman–Crippen LogP) is -0.390. The number of hydrogen-bond donors (Lipinski definition) is 2. The van der Waals surface area contributed by atoms with E-state index in [0.717, 1.165) is 12.8 Å². The minimum atomic E-state index is -0.618. The number of piperidine rings is 1. The van der Waals surface area contributed by atoms with Crippen molar-refractivity contribution in [2.45, 2.75) is 43.8 Å². The van der Waals surface area contributed by atoms with Crippen molar-refractivity contribution in [3.8, 4) is 0 Å². The van der Waals surface area contributed by atoms with E-state index >= 15 is 0 Å². The molecule has 0 aromatic rings. The van der Waals surface area contributed by atoms with Gasteiger partial charge in [-0.1, -0.05) is 0 Å². The third kappa shape index (κ3) is 2.50. The Kier molecular flexibility index (Phi) is 3.92. The molecule has 2 rings (SSSR count). The maximum absolute atomic E-state index is 12.4. The molecule has 7 heteroatoms. The molecule has 0 aromatic heterocycles. The number of methoxy groups -OCH3 is 1. The van der Waals surface area contributed by atoms with Gasteiger partial charge in [0.1, 0.15) is 12.1 Å². The van der Waals surface area contributed by atoms with Crippen LogP contribution in [0.2, 0.25) is 0 Å². The first-order valence-corrected chi connectivity index (χ1v) is 6.46. The lowest BCUT2D eigenvalue weighted by Crippen LogP contribution is -2.58. The van der Waals surface area contributed by atoms with E-state index in [1.807, 2.05) is 0 Å². The number of ether oxygens (including phenoxy) is 1. The molecule has 2 N–H and O–H groups in total. The fourth-order valence-electron chi connectivity index (χ4n) is 2.92. The number of hydrogen-bond acceptors (Lipinski definition) is 4. The molecule has 2 heterocycles. The molecule has 3 atom stereocenters. The summed E-state index contributed by atoms with van der Waals surface area (Å²) in [4.78, 5) is 37.0. The smallest absolute Gasteiger partial charge is 0.407 e. The summed E-state index contributed by atoms with van der Waals surface area (Å²) in [5, 5.41) is 5.11. The van der Waals surface area contributed by atoms with Crippen LogP contribution in [0.25, 0.3) is 0 Å². The van der Waals surface area contributed by atoms with E-state index in [9.17, 15) is 14.4 Å². The normalized spacial score (nSPS) is 29.7. The largest absolute Gasteiger partial charge is 0.453 e. The molecule has 2 aliphatic heterocycles. The Hall–Kier alpha value is -1.79. The lowest BCUT2D eigenvalue weighted by Gasteiger charge is -2.37. The zero-order valence-electron chi connectivity index (χ0n) is 11.1. The minimum Gasteiger partial charge on any atom is -0.453 e. The molecule has 0 unspecified atom stereocenters. The van der Waals surface area contributed by atoms with E-state index in [4.69, 9.17) is 0 Å². The minimum absolute atomic E-state index is 0.116. The molecule has 0 bridgehead atoms. The molecular formula is C12H19N3O4. The van der Waals surface area contributed by atoms with Gasteiger partial charge in [0.15, 0.2) is 0 Å². The Morgan fingerprint density at radius 1 is 1.26 bits per heavy atom. The van der Waals surface area contributed by atoms with Crippen molar-refractivity contribution in [2.24, 2.45) is 0 Å². The predicted molar refractivity (Wildman–Crippen MR) is 66.3 cm³/mol. The van der Waals surface area contributed by atoms with Crippen molar-refractivity contribution in [1.29, 1.82) is 0 Å². The van der Waals surface area contributed by atoms with Crippen molar-refractivity contribution < 1.29 is 19.1 Å². The molecule has 0 radical (unpaired) electrons. The van der Waals surface area contributed by atoms with Crippen LogP contribution in [-0.2, 0) is 14.3 Å². The third-order valence-electron chi connectivity index (χ3n) is 3.87. The van der Waals surface area contributed by atoms with Gasteiger partial charge in [-0.3, -0.25) is 9.59 Å². The van der Waals surface area contributed by atoms with E-state index in [2.05, 4.69) is 15.4 Å². The van der Waals surface area contributed by atoms with Crippen molar-refractivity contribution in [3.63, 3.8) is 0 Å². The number of nitrogens with one attached hydrogen (secondary N) is 2. The molecule has 7 nitrogen and oxygen atoms in total. The van der Waals surface area contributed by atoms with E-state index in [0.29, 0.717) is 12.8 Å². The van der Waals surface area contributed by atoms with Crippen LogP contribution in [0.3, 0.4) is 0 Å². The summed E-state index contributed by atoms with van der Waals surface area (Å²) in [6, 6.07) is -0.885. The van der Waals surface area contributed by atoms with Gasteiger partial charge in [0.25, 0.3) is 0 Å². The number of carbonyl (C=O) groups is 3. The SMILES string of the molecule is CNC(=O)[C@@H]1CC[C@H]2CC[C@H](NC(=O)OC)C(=O)N21. The molecule has 2 fully saturated rings. The van der Waals surface area contributed by atoms with Gasteiger partial charge < -0.3 is 20.3 Å². The van der Waals surface area contributed by atoms with Gasteiger partial charge in [0.2, 0.25) is 11.8 Å². The van der Waals surface area contributed by atoms with E-state index < -0.39 is 18.2 Å². The lowest BCUT2D eigenvalue weighted by molar-refractivity contribution is -0.144.